The van der Waals surface area contributed by atoms with Crippen LogP contribution in [0.5, 0.6) is 0 Å². The molecule has 164 valence electrons. The highest BCUT2D eigenvalue weighted by Gasteiger charge is 2.30. The maximum atomic E-state index is 12.9. The van der Waals surface area contributed by atoms with Gasteiger partial charge in [0, 0.05) is 35.7 Å². The third kappa shape index (κ3) is 6.07. The lowest BCUT2D eigenvalue weighted by atomic mass is 10.1. The monoisotopic (exact) mass is 451 g/mol. The summed E-state index contributed by atoms with van der Waals surface area (Å²) in [5.41, 5.74) is 0.111. The second kappa shape index (κ2) is 9.51. The van der Waals surface area contributed by atoms with Crippen LogP contribution in [-0.2, 0) is 12.6 Å². The molecule has 9 heteroatoms. The van der Waals surface area contributed by atoms with E-state index in [1.54, 1.807) is 29.2 Å². The minimum Gasteiger partial charge on any atom is -0.339 e. The summed E-state index contributed by atoms with van der Waals surface area (Å²) in [5, 5.41) is 4.50. The molecule has 0 saturated carbocycles. The molecule has 3 rings (SSSR count). The maximum absolute atomic E-state index is 12.9. The predicted octanol–water partition coefficient (Wildman–Crippen LogP) is 5.75. The van der Waals surface area contributed by atoms with E-state index in [2.05, 4.69) is 10.1 Å². The molecular weight excluding hydrogens is 431 g/mol. The van der Waals surface area contributed by atoms with Crippen molar-refractivity contribution in [2.75, 3.05) is 13.1 Å². The van der Waals surface area contributed by atoms with E-state index in [-0.39, 0.29) is 23.9 Å². The molecule has 0 radical (unpaired) electrons. The van der Waals surface area contributed by atoms with Gasteiger partial charge in [-0.2, -0.15) is 18.2 Å². The zero-order valence-electron chi connectivity index (χ0n) is 17.0. The lowest BCUT2D eigenvalue weighted by molar-refractivity contribution is -0.137. The average Bonchev–Trinajstić information content (AvgIpc) is 3.19. The number of alkyl halides is 3. The number of halogens is 4. The van der Waals surface area contributed by atoms with Gasteiger partial charge < -0.3 is 9.42 Å². The normalized spacial score (nSPS) is 11.7. The van der Waals surface area contributed by atoms with Gasteiger partial charge in [0.2, 0.25) is 11.7 Å². The van der Waals surface area contributed by atoms with Crippen LogP contribution in [-0.4, -0.2) is 34.0 Å². The number of hydrogen-bond acceptors (Lipinski definition) is 4. The fourth-order valence-electron chi connectivity index (χ4n) is 3.03. The second-order valence-corrected chi connectivity index (χ2v) is 7.93. The zero-order chi connectivity index (χ0) is 22.6. The first kappa shape index (κ1) is 22.8. The van der Waals surface area contributed by atoms with Gasteiger partial charge in [-0.3, -0.25) is 4.79 Å². The molecule has 31 heavy (non-hydrogen) atoms. The van der Waals surface area contributed by atoms with E-state index in [4.69, 9.17) is 16.1 Å². The highest BCUT2D eigenvalue weighted by atomic mass is 35.5. The molecule has 1 aromatic heterocycles. The molecule has 3 aromatic rings. The summed E-state index contributed by atoms with van der Waals surface area (Å²) in [6, 6.07) is 11.3. The first-order chi connectivity index (χ1) is 14.6. The Balaban J connectivity index is 1.71. The van der Waals surface area contributed by atoms with E-state index in [1.807, 2.05) is 13.8 Å². The molecule has 0 saturated heterocycles. The van der Waals surface area contributed by atoms with Crippen molar-refractivity contribution in [1.82, 2.24) is 15.0 Å². The first-order valence-electron chi connectivity index (χ1n) is 9.68. The summed E-state index contributed by atoms with van der Waals surface area (Å²) in [6.07, 6.45) is -4.13. The van der Waals surface area contributed by atoms with Crippen molar-refractivity contribution in [3.05, 3.63) is 70.6 Å². The summed E-state index contributed by atoms with van der Waals surface area (Å²) >= 11 is 5.99. The molecular formula is C22H21ClF3N3O2. The minimum absolute atomic E-state index is 0.170. The van der Waals surface area contributed by atoms with E-state index in [0.717, 1.165) is 12.1 Å². The summed E-state index contributed by atoms with van der Waals surface area (Å²) < 4.78 is 43.6. The Morgan fingerprint density at radius 1 is 1.16 bits per heavy atom. The fraction of sp³-hybridized carbons (Fsp3) is 0.318. The second-order valence-electron chi connectivity index (χ2n) is 7.49. The summed E-state index contributed by atoms with van der Waals surface area (Å²) in [7, 11) is 0. The van der Waals surface area contributed by atoms with Crippen LogP contribution in [0.1, 0.15) is 35.7 Å². The van der Waals surface area contributed by atoms with Crippen molar-refractivity contribution in [2.45, 2.75) is 26.4 Å². The van der Waals surface area contributed by atoms with Crippen LogP contribution in [0.2, 0.25) is 5.02 Å². The summed E-state index contributed by atoms with van der Waals surface area (Å²) in [6.45, 7) is 4.64. The van der Waals surface area contributed by atoms with Crippen LogP contribution < -0.4 is 0 Å². The van der Waals surface area contributed by atoms with Crippen molar-refractivity contribution in [1.29, 1.82) is 0 Å². The van der Waals surface area contributed by atoms with Gasteiger partial charge in [0.05, 0.1) is 5.56 Å². The average molecular weight is 452 g/mol. The number of hydrogen-bond donors (Lipinski definition) is 0. The Morgan fingerprint density at radius 3 is 2.48 bits per heavy atom. The number of nitrogens with zero attached hydrogens (tertiary/aromatic N) is 3. The van der Waals surface area contributed by atoms with Crippen molar-refractivity contribution in [2.24, 2.45) is 5.92 Å². The Hall–Kier alpha value is -2.87. The molecule has 0 spiro atoms. The molecule has 0 aliphatic heterocycles. The van der Waals surface area contributed by atoms with E-state index < -0.39 is 11.7 Å². The standard InChI is InChI=1S/C22H21ClF3N3O2/c1-14(2)13-29(21(30)15-6-8-17(9-7-15)22(24,25)26)11-10-19-27-20(28-31-19)16-4-3-5-18(23)12-16/h3-9,12,14H,10-11,13H2,1-2H3. The highest BCUT2D eigenvalue weighted by Crippen LogP contribution is 2.29. The van der Waals surface area contributed by atoms with Gasteiger partial charge in [0.1, 0.15) is 0 Å². The van der Waals surface area contributed by atoms with Crippen molar-refractivity contribution in [3.8, 4) is 11.4 Å². The van der Waals surface area contributed by atoms with Crippen molar-refractivity contribution >= 4 is 17.5 Å². The predicted molar refractivity (Wildman–Crippen MR) is 111 cm³/mol. The Labute approximate surface area is 182 Å². The zero-order valence-corrected chi connectivity index (χ0v) is 17.7. The third-order valence-corrected chi connectivity index (χ3v) is 4.71. The molecule has 0 aliphatic rings. The van der Waals surface area contributed by atoms with E-state index in [0.29, 0.717) is 35.3 Å². The Bertz CT molecular complexity index is 1030. The molecule has 5 nitrogen and oxygen atoms in total. The molecule has 0 aliphatic carbocycles. The van der Waals surface area contributed by atoms with Gasteiger partial charge in [0.15, 0.2) is 0 Å². The van der Waals surface area contributed by atoms with Crippen LogP contribution in [0.3, 0.4) is 0 Å². The smallest absolute Gasteiger partial charge is 0.339 e. The van der Waals surface area contributed by atoms with Crippen LogP contribution in [0, 0.1) is 5.92 Å². The number of carbonyl (C=O) groups excluding carboxylic acids is 1. The van der Waals surface area contributed by atoms with Gasteiger partial charge in [0.25, 0.3) is 5.91 Å². The van der Waals surface area contributed by atoms with Crippen LogP contribution in [0.25, 0.3) is 11.4 Å². The van der Waals surface area contributed by atoms with Crippen LogP contribution in [0.15, 0.2) is 53.1 Å². The SMILES string of the molecule is CC(C)CN(CCc1nc(-c2cccc(Cl)c2)no1)C(=O)c1ccc(C(F)(F)F)cc1. The van der Waals surface area contributed by atoms with E-state index in [1.165, 1.54) is 12.1 Å². The number of benzene rings is 2. The van der Waals surface area contributed by atoms with E-state index >= 15 is 0 Å². The minimum atomic E-state index is -4.45. The number of carbonyl (C=O) groups is 1. The van der Waals surface area contributed by atoms with Gasteiger partial charge in [-0.05, 0) is 42.3 Å². The fourth-order valence-corrected chi connectivity index (χ4v) is 3.22. The number of aromatic nitrogens is 2. The Kier molecular flexibility index (Phi) is 7.00. The largest absolute Gasteiger partial charge is 0.416 e. The topological polar surface area (TPSA) is 59.2 Å². The molecule has 1 amide bonds. The molecule has 1 heterocycles. The van der Waals surface area contributed by atoms with Gasteiger partial charge >= 0.3 is 6.18 Å². The number of amides is 1. The molecule has 0 unspecified atom stereocenters. The number of rotatable bonds is 7. The Morgan fingerprint density at radius 2 is 1.87 bits per heavy atom. The van der Waals surface area contributed by atoms with Gasteiger partial charge in [-0.15, -0.1) is 0 Å². The van der Waals surface area contributed by atoms with E-state index in [9.17, 15) is 18.0 Å². The van der Waals surface area contributed by atoms with Gasteiger partial charge in [-0.25, -0.2) is 0 Å². The molecule has 0 fully saturated rings. The van der Waals surface area contributed by atoms with Gasteiger partial charge in [-0.1, -0.05) is 42.7 Å². The molecule has 0 atom stereocenters. The van der Waals surface area contributed by atoms with Crippen molar-refractivity contribution < 1.29 is 22.5 Å². The third-order valence-electron chi connectivity index (χ3n) is 4.48. The first-order valence-corrected chi connectivity index (χ1v) is 10.1. The molecule has 2 aromatic carbocycles. The quantitative estimate of drug-likeness (QED) is 0.459. The maximum Gasteiger partial charge on any atom is 0.416 e. The van der Waals surface area contributed by atoms with Crippen LogP contribution >= 0.6 is 11.6 Å². The molecule has 0 N–H and O–H groups in total. The lowest BCUT2D eigenvalue weighted by Gasteiger charge is -2.24. The highest BCUT2D eigenvalue weighted by molar-refractivity contribution is 6.30. The van der Waals surface area contributed by atoms with Crippen LogP contribution in [0.4, 0.5) is 13.2 Å². The van der Waals surface area contributed by atoms with Crippen molar-refractivity contribution in [3.63, 3.8) is 0 Å². The lowest BCUT2D eigenvalue weighted by Crippen LogP contribution is -2.36. The summed E-state index contributed by atoms with van der Waals surface area (Å²) in [4.78, 5) is 18.8. The molecule has 0 bridgehead atoms. The summed E-state index contributed by atoms with van der Waals surface area (Å²) in [5.74, 6) is 0.561.